The molecule has 0 atom stereocenters. The van der Waals surface area contributed by atoms with Crippen LogP contribution in [0.4, 0.5) is 4.79 Å². The molecule has 0 bridgehead atoms. The minimum Gasteiger partial charge on any atom is -0.445 e. The number of hydrogen-bond acceptors (Lipinski definition) is 3. The van der Waals surface area contributed by atoms with Crippen LogP contribution in [0.3, 0.4) is 0 Å². The highest BCUT2D eigenvalue weighted by molar-refractivity contribution is 5.67. The number of allylic oxidation sites excluding steroid dienone is 2. The first-order valence-electron chi connectivity index (χ1n) is 4.99. The Morgan fingerprint density at radius 1 is 1.53 bits per heavy atom. The van der Waals surface area contributed by atoms with E-state index >= 15 is 0 Å². The van der Waals surface area contributed by atoms with Crippen LogP contribution in [0.25, 0.3) is 0 Å². The Balaban J connectivity index is 3.33. The number of hydrogen-bond donors (Lipinski definition) is 1. The second-order valence-corrected chi connectivity index (χ2v) is 3.35. The average molecular weight is 212 g/mol. The fraction of sp³-hybridized carbons (Fsp3) is 0.545. The number of carbonyl (C=O) groups is 1. The van der Waals surface area contributed by atoms with Gasteiger partial charge in [-0.2, -0.15) is 0 Å². The van der Waals surface area contributed by atoms with E-state index in [1.165, 1.54) is 0 Å². The second-order valence-electron chi connectivity index (χ2n) is 3.35. The van der Waals surface area contributed by atoms with Crippen LogP contribution in [-0.2, 0) is 4.74 Å². The largest absolute Gasteiger partial charge is 0.445 e. The third-order valence-electron chi connectivity index (χ3n) is 1.63. The second kappa shape index (κ2) is 9.27. The Morgan fingerprint density at radius 3 is 2.87 bits per heavy atom. The van der Waals surface area contributed by atoms with Gasteiger partial charge in [-0.15, -0.1) is 0 Å². The lowest BCUT2D eigenvalue weighted by molar-refractivity contribution is 0.158. The Hall–Kier alpha value is -1.29. The van der Waals surface area contributed by atoms with E-state index in [9.17, 15) is 4.79 Å². The zero-order chi connectivity index (χ0) is 11.5. The highest BCUT2D eigenvalue weighted by Crippen LogP contribution is 1.84. The van der Waals surface area contributed by atoms with Crippen LogP contribution in [0.2, 0.25) is 0 Å². The third-order valence-corrected chi connectivity index (χ3v) is 1.63. The number of carbonyl (C=O) groups excluding carboxylic acids is 1. The van der Waals surface area contributed by atoms with Crippen LogP contribution in [0.1, 0.15) is 6.42 Å². The molecule has 0 heterocycles. The Bertz CT molecular complexity index is 213. The fourth-order valence-corrected chi connectivity index (χ4v) is 0.912. The molecule has 0 aromatic heterocycles. The molecular weight excluding hydrogens is 192 g/mol. The van der Waals surface area contributed by atoms with Crippen LogP contribution in [-0.4, -0.2) is 44.8 Å². The molecule has 0 aromatic rings. The highest BCUT2D eigenvalue weighted by Gasteiger charge is 1.98. The van der Waals surface area contributed by atoms with Crippen LogP contribution in [0, 0.1) is 0 Å². The summed E-state index contributed by atoms with van der Waals surface area (Å²) in [4.78, 5) is 13.1. The summed E-state index contributed by atoms with van der Waals surface area (Å²) in [5, 5.41) is 2.67. The van der Waals surface area contributed by atoms with E-state index in [1.54, 1.807) is 18.2 Å². The molecular formula is C11H20N2O2. The maximum atomic E-state index is 11.0. The molecule has 0 fully saturated rings. The number of alkyl carbamates (subject to hydrolysis) is 1. The van der Waals surface area contributed by atoms with Gasteiger partial charge in [-0.25, -0.2) is 4.79 Å². The number of rotatable bonds is 7. The van der Waals surface area contributed by atoms with Crippen LogP contribution >= 0.6 is 0 Å². The van der Waals surface area contributed by atoms with E-state index in [0.29, 0.717) is 6.54 Å². The van der Waals surface area contributed by atoms with Crippen molar-refractivity contribution in [2.45, 2.75) is 6.42 Å². The Kier molecular flexibility index (Phi) is 8.47. The summed E-state index contributed by atoms with van der Waals surface area (Å²) in [6, 6.07) is 0. The first-order chi connectivity index (χ1) is 7.16. The van der Waals surface area contributed by atoms with Gasteiger partial charge in [-0.3, -0.25) is 0 Å². The fourth-order valence-electron chi connectivity index (χ4n) is 0.912. The molecule has 4 nitrogen and oxygen atoms in total. The summed E-state index contributed by atoms with van der Waals surface area (Å²) < 4.78 is 4.85. The van der Waals surface area contributed by atoms with E-state index in [0.717, 1.165) is 13.0 Å². The molecule has 0 unspecified atom stereocenters. The quantitative estimate of drug-likeness (QED) is 0.512. The van der Waals surface area contributed by atoms with Crippen LogP contribution in [0.15, 0.2) is 24.8 Å². The molecule has 0 saturated heterocycles. The average Bonchev–Trinajstić information content (AvgIpc) is 2.19. The normalized spacial score (nSPS) is 10.6. The Labute approximate surface area is 91.6 Å². The monoisotopic (exact) mass is 212 g/mol. The predicted molar refractivity (Wildman–Crippen MR) is 61.9 cm³/mol. The summed E-state index contributed by atoms with van der Waals surface area (Å²) in [6.45, 7) is 5.39. The van der Waals surface area contributed by atoms with Gasteiger partial charge in [0.25, 0.3) is 0 Å². The molecule has 0 aliphatic carbocycles. The lowest BCUT2D eigenvalue weighted by atomic mass is 10.4. The summed E-state index contributed by atoms with van der Waals surface area (Å²) >= 11 is 0. The number of nitrogens with one attached hydrogen (secondary N) is 1. The van der Waals surface area contributed by atoms with Gasteiger partial charge in [0.2, 0.25) is 0 Å². The molecule has 0 aromatic carbocycles. The van der Waals surface area contributed by atoms with Crippen molar-refractivity contribution in [1.29, 1.82) is 0 Å². The first kappa shape index (κ1) is 13.7. The lowest BCUT2D eigenvalue weighted by Gasteiger charge is -2.09. The zero-order valence-electron chi connectivity index (χ0n) is 9.53. The van der Waals surface area contributed by atoms with Crippen LogP contribution < -0.4 is 5.32 Å². The van der Waals surface area contributed by atoms with E-state index < -0.39 is 0 Å². The van der Waals surface area contributed by atoms with Crippen molar-refractivity contribution >= 4 is 6.09 Å². The van der Waals surface area contributed by atoms with E-state index in [1.807, 2.05) is 14.1 Å². The summed E-state index contributed by atoms with van der Waals surface area (Å²) in [6.07, 6.45) is 5.65. The topological polar surface area (TPSA) is 41.6 Å². The highest BCUT2D eigenvalue weighted by atomic mass is 16.5. The number of nitrogens with zero attached hydrogens (tertiary/aromatic N) is 1. The SMILES string of the molecule is C=CC=CCOC(=O)NCCCN(C)C. The maximum Gasteiger partial charge on any atom is 0.407 e. The molecule has 0 aliphatic rings. The molecule has 0 spiro atoms. The van der Waals surface area contributed by atoms with E-state index in [4.69, 9.17) is 4.74 Å². The maximum absolute atomic E-state index is 11.0. The standard InChI is InChI=1S/C11H20N2O2/c1-4-5-6-10-15-11(14)12-8-7-9-13(2)3/h4-6H,1,7-10H2,2-3H3,(H,12,14). The molecule has 15 heavy (non-hydrogen) atoms. The van der Waals surface area contributed by atoms with Gasteiger partial charge in [0, 0.05) is 6.54 Å². The molecule has 0 radical (unpaired) electrons. The van der Waals surface area contributed by atoms with Gasteiger partial charge in [0.05, 0.1) is 0 Å². The number of ether oxygens (including phenoxy) is 1. The molecule has 0 rings (SSSR count). The van der Waals surface area contributed by atoms with Crippen molar-refractivity contribution in [1.82, 2.24) is 10.2 Å². The molecule has 1 N–H and O–H groups in total. The van der Waals surface area contributed by atoms with Gasteiger partial charge in [0.15, 0.2) is 0 Å². The lowest BCUT2D eigenvalue weighted by Crippen LogP contribution is -2.27. The predicted octanol–water partition coefficient (Wildman–Crippen LogP) is 1.41. The summed E-state index contributed by atoms with van der Waals surface area (Å²) in [7, 11) is 4.00. The van der Waals surface area contributed by atoms with E-state index in [2.05, 4.69) is 16.8 Å². The molecule has 1 amide bonds. The van der Waals surface area contributed by atoms with Gasteiger partial charge < -0.3 is 15.0 Å². The van der Waals surface area contributed by atoms with Crippen molar-refractivity contribution in [3.63, 3.8) is 0 Å². The Morgan fingerprint density at radius 2 is 2.27 bits per heavy atom. The smallest absolute Gasteiger partial charge is 0.407 e. The first-order valence-corrected chi connectivity index (χ1v) is 4.99. The minimum atomic E-state index is -0.373. The van der Waals surface area contributed by atoms with E-state index in [-0.39, 0.29) is 12.7 Å². The van der Waals surface area contributed by atoms with Crippen molar-refractivity contribution in [2.75, 3.05) is 33.8 Å². The van der Waals surface area contributed by atoms with Gasteiger partial charge >= 0.3 is 6.09 Å². The van der Waals surface area contributed by atoms with Gasteiger partial charge in [-0.05, 0) is 33.1 Å². The molecule has 0 aliphatic heterocycles. The van der Waals surface area contributed by atoms with Gasteiger partial charge in [-0.1, -0.05) is 18.7 Å². The zero-order valence-corrected chi connectivity index (χ0v) is 9.53. The molecule has 4 heteroatoms. The van der Waals surface area contributed by atoms with Crippen molar-refractivity contribution in [3.05, 3.63) is 24.8 Å². The number of amides is 1. The minimum absolute atomic E-state index is 0.283. The van der Waals surface area contributed by atoms with Crippen LogP contribution in [0.5, 0.6) is 0 Å². The van der Waals surface area contributed by atoms with Gasteiger partial charge in [0.1, 0.15) is 6.61 Å². The third kappa shape index (κ3) is 10.6. The summed E-state index contributed by atoms with van der Waals surface area (Å²) in [5.74, 6) is 0. The summed E-state index contributed by atoms with van der Waals surface area (Å²) in [5.41, 5.74) is 0. The van der Waals surface area contributed by atoms with Crippen molar-refractivity contribution in [3.8, 4) is 0 Å². The van der Waals surface area contributed by atoms with Crippen molar-refractivity contribution in [2.24, 2.45) is 0 Å². The molecule has 86 valence electrons. The van der Waals surface area contributed by atoms with Crippen molar-refractivity contribution < 1.29 is 9.53 Å². The molecule has 0 saturated carbocycles.